The number of para-hydroxylation sites is 1. The Balaban J connectivity index is 2.21. The molecular formula is C16H14N2O3. The molecule has 5 heteroatoms. The summed E-state index contributed by atoms with van der Waals surface area (Å²) in [5.41, 5.74) is 2.45. The number of ether oxygens (including phenoxy) is 2. The van der Waals surface area contributed by atoms with Crippen molar-refractivity contribution in [3.63, 3.8) is 0 Å². The Labute approximate surface area is 121 Å². The fraction of sp³-hybridized carbons (Fsp3) is 0.250. The monoisotopic (exact) mass is 282 g/mol. The molecular weight excluding hydrogens is 268 g/mol. The molecule has 0 bridgehead atoms. The fourth-order valence-corrected chi connectivity index (χ4v) is 3.24. The third-order valence-corrected chi connectivity index (χ3v) is 4.13. The number of hydrogen-bond acceptors (Lipinski definition) is 4. The number of nitrogens with zero attached hydrogens (tertiary/aromatic N) is 2. The van der Waals surface area contributed by atoms with Crippen molar-refractivity contribution in [1.29, 1.82) is 0 Å². The Morgan fingerprint density at radius 1 is 1.05 bits per heavy atom. The Kier molecular flexibility index (Phi) is 2.60. The first-order valence-corrected chi connectivity index (χ1v) is 6.75. The zero-order valence-electron chi connectivity index (χ0n) is 11.7. The first-order chi connectivity index (χ1) is 10.3. The fourth-order valence-electron chi connectivity index (χ4n) is 3.24. The van der Waals surface area contributed by atoms with Gasteiger partial charge in [-0.15, -0.1) is 0 Å². The predicted octanol–water partition coefficient (Wildman–Crippen LogP) is 2.55. The Morgan fingerprint density at radius 3 is 2.57 bits per heavy atom. The quantitative estimate of drug-likeness (QED) is 0.725. The van der Waals surface area contributed by atoms with E-state index in [2.05, 4.69) is 4.98 Å². The number of methoxy groups -OCH3 is 2. The van der Waals surface area contributed by atoms with Crippen molar-refractivity contribution < 1.29 is 14.3 Å². The molecule has 106 valence electrons. The van der Waals surface area contributed by atoms with Crippen LogP contribution in [0.4, 0.5) is 0 Å². The molecule has 3 aromatic rings. The average Bonchev–Trinajstić information content (AvgIpc) is 2.86. The molecule has 0 spiro atoms. The molecule has 0 fully saturated rings. The molecule has 4 rings (SSSR count). The van der Waals surface area contributed by atoms with Crippen molar-refractivity contribution in [2.24, 2.45) is 0 Å². The summed E-state index contributed by atoms with van der Waals surface area (Å²) in [5.74, 6) is -0.115. The molecule has 3 heterocycles. The van der Waals surface area contributed by atoms with Crippen LogP contribution in [0.2, 0.25) is 0 Å². The van der Waals surface area contributed by atoms with E-state index in [-0.39, 0.29) is 5.91 Å². The first kappa shape index (κ1) is 12.5. The van der Waals surface area contributed by atoms with Gasteiger partial charge in [-0.05, 0) is 12.1 Å². The summed E-state index contributed by atoms with van der Waals surface area (Å²) in [5, 5.41) is 2.05. The van der Waals surface area contributed by atoms with Gasteiger partial charge in [0.15, 0.2) is 6.10 Å². The third-order valence-electron chi connectivity index (χ3n) is 4.13. The number of fused-ring (bicyclic) bond motifs is 3. The minimum Gasteiger partial charge on any atom is -0.372 e. The SMILES string of the molecule is CO[C@@H]1c2nccc3c4ccccc4n(c23)C(=O)[C@@H]1OC. The first-order valence-electron chi connectivity index (χ1n) is 6.75. The summed E-state index contributed by atoms with van der Waals surface area (Å²) < 4.78 is 12.6. The normalized spacial score (nSPS) is 21.3. The molecule has 0 unspecified atom stereocenters. The number of benzene rings is 1. The topological polar surface area (TPSA) is 53.4 Å². The summed E-state index contributed by atoms with van der Waals surface area (Å²) in [6, 6.07) is 9.79. The van der Waals surface area contributed by atoms with Crippen molar-refractivity contribution in [3.05, 3.63) is 42.2 Å². The van der Waals surface area contributed by atoms with E-state index in [4.69, 9.17) is 9.47 Å². The summed E-state index contributed by atoms with van der Waals surface area (Å²) in [6.07, 6.45) is 0.586. The van der Waals surface area contributed by atoms with Crippen molar-refractivity contribution in [1.82, 2.24) is 9.55 Å². The molecule has 0 aliphatic carbocycles. The van der Waals surface area contributed by atoms with Gasteiger partial charge in [0.2, 0.25) is 0 Å². The molecule has 0 saturated heterocycles. The van der Waals surface area contributed by atoms with E-state index in [9.17, 15) is 4.79 Å². The van der Waals surface area contributed by atoms with Crippen molar-refractivity contribution in [2.45, 2.75) is 12.2 Å². The van der Waals surface area contributed by atoms with E-state index >= 15 is 0 Å². The van der Waals surface area contributed by atoms with Crippen LogP contribution < -0.4 is 0 Å². The Morgan fingerprint density at radius 2 is 1.81 bits per heavy atom. The van der Waals surface area contributed by atoms with Crippen LogP contribution in [0, 0.1) is 0 Å². The highest BCUT2D eigenvalue weighted by Crippen LogP contribution is 2.39. The third kappa shape index (κ3) is 1.47. The number of carbonyl (C=O) groups excluding carboxylic acids is 1. The second-order valence-corrected chi connectivity index (χ2v) is 5.10. The maximum Gasteiger partial charge on any atom is 0.263 e. The van der Waals surface area contributed by atoms with Crippen LogP contribution in [0.15, 0.2) is 36.5 Å². The van der Waals surface area contributed by atoms with Crippen LogP contribution in [-0.4, -0.2) is 35.8 Å². The molecule has 1 aliphatic heterocycles. The Bertz CT molecular complexity index is 868. The van der Waals surface area contributed by atoms with Gasteiger partial charge in [-0.3, -0.25) is 14.3 Å². The lowest BCUT2D eigenvalue weighted by Gasteiger charge is -2.29. The highest BCUT2D eigenvalue weighted by atomic mass is 16.5. The van der Waals surface area contributed by atoms with Crippen molar-refractivity contribution in [3.8, 4) is 0 Å². The van der Waals surface area contributed by atoms with E-state index in [1.807, 2.05) is 30.3 Å². The minimum atomic E-state index is -0.684. The van der Waals surface area contributed by atoms with E-state index in [0.717, 1.165) is 27.5 Å². The van der Waals surface area contributed by atoms with E-state index in [0.29, 0.717) is 0 Å². The molecule has 0 radical (unpaired) electrons. The van der Waals surface area contributed by atoms with E-state index in [1.165, 1.54) is 7.11 Å². The highest BCUT2D eigenvalue weighted by Gasteiger charge is 2.40. The summed E-state index contributed by atoms with van der Waals surface area (Å²) in [4.78, 5) is 17.2. The number of hydrogen-bond donors (Lipinski definition) is 0. The molecule has 0 amide bonds. The number of rotatable bonds is 2. The number of pyridine rings is 1. The van der Waals surface area contributed by atoms with Crippen LogP contribution in [0.25, 0.3) is 21.8 Å². The zero-order valence-corrected chi connectivity index (χ0v) is 11.7. The van der Waals surface area contributed by atoms with Gasteiger partial charge in [-0.1, -0.05) is 18.2 Å². The zero-order chi connectivity index (χ0) is 14.6. The molecule has 2 aromatic heterocycles. The van der Waals surface area contributed by atoms with Gasteiger partial charge in [0.05, 0.1) is 16.7 Å². The number of carbonyl (C=O) groups is 1. The van der Waals surface area contributed by atoms with Gasteiger partial charge in [0.25, 0.3) is 5.91 Å². The molecule has 1 aliphatic rings. The second kappa shape index (κ2) is 4.38. The van der Waals surface area contributed by atoms with Crippen LogP contribution in [0.1, 0.15) is 16.6 Å². The smallest absolute Gasteiger partial charge is 0.263 e. The lowest BCUT2D eigenvalue weighted by Crippen LogP contribution is -2.39. The molecule has 1 aromatic carbocycles. The molecule has 2 atom stereocenters. The largest absolute Gasteiger partial charge is 0.372 e. The van der Waals surface area contributed by atoms with Crippen LogP contribution in [-0.2, 0) is 9.47 Å². The lowest BCUT2D eigenvalue weighted by atomic mass is 10.0. The van der Waals surface area contributed by atoms with Crippen LogP contribution in [0.3, 0.4) is 0 Å². The standard InChI is InChI=1S/C16H14N2O3/c1-20-14-12-13-10(7-8-17-12)9-5-3-4-6-11(9)18(13)16(19)15(14)21-2/h3-8,14-15H,1-2H3/t14-,15-/m1/s1. The van der Waals surface area contributed by atoms with Gasteiger partial charge < -0.3 is 9.47 Å². The lowest BCUT2D eigenvalue weighted by molar-refractivity contribution is -0.0322. The van der Waals surface area contributed by atoms with Crippen molar-refractivity contribution in [2.75, 3.05) is 14.2 Å². The maximum atomic E-state index is 12.8. The van der Waals surface area contributed by atoms with Crippen molar-refractivity contribution >= 4 is 27.7 Å². The van der Waals surface area contributed by atoms with Gasteiger partial charge in [0.1, 0.15) is 6.10 Å². The number of aromatic nitrogens is 2. The predicted molar refractivity (Wildman–Crippen MR) is 78.4 cm³/mol. The summed E-state index contributed by atoms with van der Waals surface area (Å²) in [7, 11) is 3.09. The average molecular weight is 282 g/mol. The molecule has 21 heavy (non-hydrogen) atoms. The van der Waals surface area contributed by atoms with Gasteiger partial charge in [-0.25, -0.2) is 0 Å². The maximum absolute atomic E-state index is 12.8. The molecule has 5 nitrogen and oxygen atoms in total. The van der Waals surface area contributed by atoms with Gasteiger partial charge in [-0.2, -0.15) is 0 Å². The molecule has 0 saturated carbocycles. The minimum absolute atomic E-state index is 0.115. The van der Waals surface area contributed by atoms with Crippen LogP contribution in [0.5, 0.6) is 0 Å². The summed E-state index contributed by atoms with van der Waals surface area (Å²) in [6.45, 7) is 0. The van der Waals surface area contributed by atoms with Gasteiger partial charge in [0, 0.05) is 31.2 Å². The van der Waals surface area contributed by atoms with Crippen LogP contribution >= 0.6 is 0 Å². The molecule has 0 N–H and O–H groups in total. The van der Waals surface area contributed by atoms with E-state index in [1.54, 1.807) is 17.9 Å². The second-order valence-electron chi connectivity index (χ2n) is 5.10. The Hall–Kier alpha value is -2.24. The summed E-state index contributed by atoms with van der Waals surface area (Å²) >= 11 is 0. The van der Waals surface area contributed by atoms with E-state index < -0.39 is 12.2 Å². The highest BCUT2D eigenvalue weighted by molar-refractivity contribution is 6.15. The van der Waals surface area contributed by atoms with Gasteiger partial charge >= 0.3 is 0 Å².